The molecule has 2 spiro atoms. The van der Waals surface area contributed by atoms with Crippen molar-refractivity contribution in [3.63, 3.8) is 0 Å². The van der Waals surface area contributed by atoms with Gasteiger partial charge in [-0.1, -0.05) is 55.4 Å². The highest BCUT2D eigenvalue weighted by Crippen LogP contribution is 2.87. The number of aliphatic hydroxyl groups is 1. The highest BCUT2D eigenvalue weighted by atomic mass is 16.7. The maximum absolute atomic E-state index is 12.9. The number of nitrogens with zero attached hydrogens (tertiary/aromatic N) is 2. The third-order valence-electron chi connectivity index (χ3n) is 16.6. The molecule has 0 aromatic heterocycles. The van der Waals surface area contributed by atoms with Crippen molar-refractivity contribution in [2.75, 3.05) is 32.8 Å². The number of carbonyl (C=O) groups excluding carboxylic acids is 2. The van der Waals surface area contributed by atoms with Crippen LogP contribution in [0.3, 0.4) is 0 Å². The highest BCUT2D eigenvalue weighted by Gasteiger charge is 2.82. The molecule has 8 aliphatic rings. The number of fused-ring (bicyclic) bond motifs is 4. The van der Waals surface area contributed by atoms with Gasteiger partial charge in [0.25, 0.3) is 0 Å². The average Bonchev–Trinajstić information content (AvgIpc) is 3.64. The number of rotatable bonds is 7. The fourth-order valence-corrected chi connectivity index (χ4v) is 14.2. The van der Waals surface area contributed by atoms with Crippen molar-refractivity contribution >= 4 is 12.0 Å². The van der Waals surface area contributed by atoms with Crippen LogP contribution in [-0.2, 0) is 23.7 Å². The van der Waals surface area contributed by atoms with Gasteiger partial charge in [-0.2, -0.15) is 0 Å². The van der Waals surface area contributed by atoms with Crippen LogP contribution in [0.4, 0.5) is 4.79 Å². The summed E-state index contributed by atoms with van der Waals surface area (Å²) in [5.41, 5.74) is 0.681. The van der Waals surface area contributed by atoms with Crippen LogP contribution in [0.5, 0.6) is 0 Å². The molecule has 0 bridgehead atoms. The third kappa shape index (κ3) is 5.57. The van der Waals surface area contributed by atoms with Gasteiger partial charge in [-0.15, -0.1) is 0 Å². The van der Waals surface area contributed by atoms with E-state index in [9.17, 15) is 14.7 Å². The number of morpholine rings is 1. The van der Waals surface area contributed by atoms with Gasteiger partial charge in [-0.3, -0.25) is 4.79 Å². The van der Waals surface area contributed by atoms with E-state index in [1.54, 1.807) is 4.90 Å². The summed E-state index contributed by atoms with van der Waals surface area (Å²) in [6.07, 6.45) is 9.11. The van der Waals surface area contributed by atoms with Crippen LogP contribution in [-0.4, -0.2) is 96.5 Å². The van der Waals surface area contributed by atoms with Crippen LogP contribution < -0.4 is 0 Å². The molecule has 5 saturated carbocycles. The summed E-state index contributed by atoms with van der Waals surface area (Å²) in [5, 5.41) is 12.5. The quantitative estimate of drug-likeness (QED) is 0.307. The van der Waals surface area contributed by atoms with Crippen molar-refractivity contribution in [1.29, 1.82) is 0 Å². The molecule has 11 unspecified atom stereocenters. The Bertz CT molecular complexity index is 1350. The first kappa shape index (κ1) is 36.6. The van der Waals surface area contributed by atoms with Gasteiger partial charge < -0.3 is 33.9 Å². The van der Waals surface area contributed by atoms with Crippen molar-refractivity contribution in [2.24, 2.45) is 63.1 Å². The van der Waals surface area contributed by atoms with Crippen LogP contribution in [0.2, 0.25) is 0 Å². The molecule has 3 saturated heterocycles. The summed E-state index contributed by atoms with van der Waals surface area (Å²) in [4.78, 5) is 29.6. The summed E-state index contributed by atoms with van der Waals surface area (Å²) in [7, 11) is 0. The molecule has 51 heavy (non-hydrogen) atoms. The second-order valence-electron chi connectivity index (χ2n) is 20.3. The Kier molecular flexibility index (Phi) is 9.20. The minimum Gasteiger partial charge on any atom is -0.443 e. The number of hydrogen-bond donors (Lipinski definition) is 1. The van der Waals surface area contributed by atoms with Crippen LogP contribution in [0.25, 0.3) is 0 Å². The Labute approximate surface area is 307 Å². The van der Waals surface area contributed by atoms with E-state index in [2.05, 4.69) is 55.4 Å². The summed E-state index contributed by atoms with van der Waals surface area (Å²) in [5.74, 6) is 2.75. The first-order chi connectivity index (χ1) is 24.1. The van der Waals surface area contributed by atoms with Gasteiger partial charge in [0, 0.05) is 26.1 Å². The minimum atomic E-state index is -0.488. The number of amides is 2. The first-order valence-electron chi connectivity index (χ1n) is 21.0. The van der Waals surface area contributed by atoms with E-state index in [4.69, 9.17) is 18.9 Å². The smallest absolute Gasteiger partial charge is 0.410 e. The van der Waals surface area contributed by atoms with Crippen LogP contribution in [0.15, 0.2) is 0 Å². The Hall–Kier alpha value is -1.42. The van der Waals surface area contributed by atoms with Crippen molar-refractivity contribution in [3.05, 3.63) is 0 Å². The van der Waals surface area contributed by atoms with E-state index in [1.165, 1.54) is 25.7 Å². The number of ether oxygens (including phenoxy) is 4. The number of likely N-dealkylation sites (tertiary alicyclic amines) is 1. The fourth-order valence-electron chi connectivity index (χ4n) is 14.2. The fraction of sp³-hybridized carbons (Fsp3) is 0.952. The lowest BCUT2D eigenvalue weighted by atomic mass is 9.46. The molecular formula is C42H68N2O7. The van der Waals surface area contributed by atoms with Gasteiger partial charge in [-0.05, 0) is 121 Å². The minimum absolute atomic E-state index is 0.00746. The monoisotopic (exact) mass is 713 g/mol. The van der Waals surface area contributed by atoms with Gasteiger partial charge in [0.05, 0.1) is 37.6 Å². The zero-order chi connectivity index (χ0) is 36.2. The molecule has 5 aliphatic carbocycles. The standard InChI is InChI=1S/C42H68N2O7/c1-24(2)20-31(45)44-18-19-48-32(22-44)50-30-12-13-42-23-41(42)15-14-40(8)33-26(5)21-28(36(25(3)4)51-38(47)43-16-9-17-43)49-37(33)35(46)34(40)27(41)10-11-29(42)39(30,6)7/h24-30,32-37,46H,9-23H2,1-8H3/t26-,27?,28?,29?,30?,32?,33?,34?,35-,36-,37?,40?,41?,42?/m1/s1. The molecule has 1 N–H and O–H groups in total. The Morgan fingerprint density at radius 1 is 0.941 bits per heavy atom. The van der Waals surface area contributed by atoms with E-state index in [0.717, 1.165) is 45.2 Å². The molecule has 0 radical (unpaired) electrons. The number of carbonyl (C=O) groups is 2. The SMILES string of the molecule is CC(C)CC(=O)N1CCOC(OC2CCC34CC35CCC3(C)C(C5CCC4C2(C)C)[C@@H](O)C2OC([C@H](OC(=O)N4CCC4)C(C)C)C[C@@H](C)C23)C1. The predicted molar refractivity (Wildman–Crippen MR) is 193 cm³/mol. The van der Waals surface area contributed by atoms with Crippen molar-refractivity contribution in [3.8, 4) is 0 Å². The zero-order valence-corrected chi connectivity index (χ0v) is 32.9. The van der Waals surface area contributed by atoms with Gasteiger partial charge in [0.2, 0.25) is 5.91 Å². The van der Waals surface area contributed by atoms with Gasteiger partial charge in [-0.25, -0.2) is 4.79 Å². The first-order valence-corrected chi connectivity index (χ1v) is 21.0. The van der Waals surface area contributed by atoms with Gasteiger partial charge >= 0.3 is 6.09 Å². The molecule has 288 valence electrons. The molecule has 8 fully saturated rings. The Morgan fingerprint density at radius 3 is 2.39 bits per heavy atom. The van der Waals surface area contributed by atoms with E-state index < -0.39 is 6.10 Å². The van der Waals surface area contributed by atoms with Crippen molar-refractivity contribution < 1.29 is 33.6 Å². The second kappa shape index (κ2) is 12.8. The maximum Gasteiger partial charge on any atom is 0.410 e. The molecule has 9 nitrogen and oxygen atoms in total. The molecule has 3 heterocycles. The summed E-state index contributed by atoms with van der Waals surface area (Å²) in [6.45, 7) is 21.5. The second-order valence-corrected chi connectivity index (χ2v) is 20.3. The Morgan fingerprint density at radius 2 is 1.71 bits per heavy atom. The lowest BCUT2D eigenvalue weighted by Crippen LogP contribution is -2.57. The van der Waals surface area contributed by atoms with Crippen molar-refractivity contribution in [2.45, 2.75) is 156 Å². The summed E-state index contributed by atoms with van der Waals surface area (Å²) < 4.78 is 26.1. The lowest BCUT2D eigenvalue weighted by Gasteiger charge is -2.60. The summed E-state index contributed by atoms with van der Waals surface area (Å²) >= 11 is 0. The van der Waals surface area contributed by atoms with E-state index in [1.807, 2.05) is 4.90 Å². The lowest BCUT2D eigenvalue weighted by molar-refractivity contribution is -0.245. The molecule has 0 aromatic carbocycles. The van der Waals surface area contributed by atoms with E-state index >= 15 is 0 Å². The Balaban J connectivity index is 0.971. The van der Waals surface area contributed by atoms with Crippen LogP contribution in [0, 0.1) is 63.1 Å². The summed E-state index contributed by atoms with van der Waals surface area (Å²) in [6, 6.07) is 0. The van der Waals surface area contributed by atoms with Crippen molar-refractivity contribution in [1.82, 2.24) is 9.80 Å². The molecule has 8 rings (SSSR count). The van der Waals surface area contributed by atoms with Gasteiger partial charge in [0.1, 0.15) is 6.10 Å². The molecule has 3 aliphatic heterocycles. The van der Waals surface area contributed by atoms with E-state index in [0.29, 0.717) is 66.5 Å². The van der Waals surface area contributed by atoms with Crippen LogP contribution in [0.1, 0.15) is 120 Å². The topological polar surface area (TPSA) is 97.8 Å². The highest BCUT2D eigenvalue weighted by molar-refractivity contribution is 5.76. The van der Waals surface area contributed by atoms with Crippen LogP contribution >= 0.6 is 0 Å². The molecule has 0 aromatic rings. The maximum atomic E-state index is 12.9. The largest absolute Gasteiger partial charge is 0.443 e. The van der Waals surface area contributed by atoms with E-state index in [-0.39, 0.29) is 65.4 Å². The number of aliphatic hydroxyl groups excluding tert-OH is 1. The third-order valence-corrected chi connectivity index (χ3v) is 16.6. The molecular weight excluding hydrogens is 644 g/mol. The zero-order valence-electron chi connectivity index (χ0n) is 32.9. The average molecular weight is 713 g/mol. The molecule has 9 heteroatoms. The normalized spacial score (nSPS) is 47.4. The van der Waals surface area contributed by atoms with Gasteiger partial charge in [0.15, 0.2) is 6.29 Å². The molecule has 14 atom stereocenters. The number of hydrogen-bond acceptors (Lipinski definition) is 7. The molecule has 2 amide bonds. The predicted octanol–water partition coefficient (Wildman–Crippen LogP) is 6.89.